The summed E-state index contributed by atoms with van der Waals surface area (Å²) < 4.78 is 1.84. The SMILES string of the molecule is Cc1c(CCC(=O)N2CC[C@](O)(CN3CCCC3)C2)cnn1C. The second kappa shape index (κ2) is 6.61. The van der Waals surface area contributed by atoms with Gasteiger partial charge in [-0.2, -0.15) is 5.10 Å². The van der Waals surface area contributed by atoms with Crippen LogP contribution in [0.1, 0.15) is 36.9 Å². The lowest BCUT2D eigenvalue weighted by Crippen LogP contribution is -2.45. The number of nitrogens with zero attached hydrogens (tertiary/aromatic N) is 4. The predicted octanol–water partition coefficient (Wildman–Crippen LogP) is 0.720. The van der Waals surface area contributed by atoms with Crippen molar-refractivity contribution in [2.24, 2.45) is 7.05 Å². The third kappa shape index (κ3) is 3.75. The first kappa shape index (κ1) is 16.5. The van der Waals surface area contributed by atoms with E-state index in [1.54, 1.807) is 0 Å². The molecule has 0 aliphatic carbocycles. The normalized spacial score (nSPS) is 25.4. The summed E-state index contributed by atoms with van der Waals surface area (Å²) >= 11 is 0. The number of hydrogen-bond acceptors (Lipinski definition) is 4. The van der Waals surface area contributed by atoms with Crippen molar-refractivity contribution in [2.45, 2.75) is 44.6 Å². The van der Waals surface area contributed by atoms with Gasteiger partial charge in [-0.25, -0.2) is 0 Å². The van der Waals surface area contributed by atoms with Crippen LogP contribution in [0.15, 0.2) is 6.20 Å². The van der Waals surface area contributed by atoms with E-state index in [1.807, 2.05) is 29.7 Å². The molecule has 6 heteroatoms. The molecule has 0 saturated carbocycles. The maximum atomic E-state index is 12.4. The van der Waals surface area contributed by atoms with Gasteiger partial charge in [-0.15, -0.1) is 0 Å². The van der Waals surface area contributed by atoms with Crippen LogP contribution in [-0.4, -0.2) is 68.9 Å². The molecule has 1 aromatic heterocycles. The van der Waals surface area contributed by atoms with Crippen LogP contribution >= 0.6 is 0 Å². The Morgan fingerprint density at radius 2 is 2.09 bits per heavy atom. The number of carbonyl (C=O) groups is 1. The summed E-state index contributed by atoms with van der Waals surface area (Å²) in [6.07, 6.45) is 6.20. The quantitative estimate of drug-likeness (QED) is 0.868. The number of likely N-dealkylation sites (tertiary alicyclic amines) is 2. The van der Waals surface area contributed by atoms with Crippen molar-refractivity contribution in [3.05, 3.63) is 17.5 Å². The van der Waals surface area contributed by atoms with Gasteiger partial charge in [0.1, 0.15) is 0 Å². The summed E-state index contributed by atoms with van der Waals surface area (Å²) in [5.41, 5.74) is 1.53. The Bertz CT molecular complexity index is 565. The molecule has 3 rings (SSSR count). The molecule has 23 heavy (non-hydrogen) atoms. The van der Waals surface area contributed by atoms with Crippen LogP contribution in [0.5, 0.6) is 0 Å². The lowest BCUT2D eigenvalue weighted by atomic mass is 10.0. The fourth-order valence-corrected chi connectivity index (χ4v) is 3.74. The molecule has 0 unspecified atom stereocenters. The number of aliphatic hydroxyl groups is 1. The largest absolute Gasteiger partial charge is 0.387 e. The maximum Gasteiger partial charge on any atom is 0.223 e. The lowest BCUT2D eigenvalue weighted by Gasteiger charge is -2.28. The third-order valence-electron chi connectivity index (χ3n) is 5.35. The van der Waals surface area contributed by atoms with Crippen LogP contribution in [0.3, 0.4) is 0 Å². The van der Waals surface area contributed by atoms with Crippen LogP contribution in [0.4, 0.5) is 0 Å². The van der Waals surface area contributed by atoms with Gasteiger partial charge in [-0.05, 0) is 51.3 Å². The minimum absolute atomic E-state index is 0.144. The molecule has 0 aromatic carbocycles. The molecule has 1 N–H and O–H groups in total. The molecule has 1 atom stereocenters. The van der Waals surface area contributed by atoms with Gasteiger partial charge in [-0.3, -0.25) is 9.48 Å². The topological polar surface area (TPSA) is 61.6 Å². The molecule has 2 fully saturated rings. The fourth-order valence-electron chi connectivity index (χ4n) is 3.74. The number of β-amino-alcohol motifs (C(OH)–C–C–N with tert-alkyl or cyclic N) is 1. The Hall–Kier alpha value is -1.40. The number of aryl methyl sites for hydroxylation is 2. The summed E-state index contributed by atoms with van der Waals surface area (Å²) in [6.45, 7) is 6.05. The molecule has 0 spiro atoms. The van der Waals surface area contributed by atoms with Gasteiger partial charge in [0, 0.05) is 32.3 Å². The van der Waals surface area contributed by atoms with E-state index in [-0.39, 0.29) is 5.91 Å². The van der Waals surface area contributed by atoms with Gasteiger partial charge in [0.2, 0.25) is 5.91 Å². The molecule has 1 amide bonds. The van der Waals surface area contributed by atoms with Gasteiger partial charge < -0.3 is 14.9 Å². The minimum Gasteiger partial charge on any atom is -0.387 e. The summed E-state index contributed by atoms with van der Waals surface area (Å²) in [5.74, 6) is 0.144. The minimum atomic E-state index is -0.718. The zero-order valence-corrected chi connectivity index (χ0v) is 14.3. The Balaban J connectivity index is 1.49. The first-order valence-corrected chi connectivity index (χ1v) is 8.67. The molecule has 2 saturated heterocycles. The standard InChI is InChI=1S/C17H28N4O2/c1-14-15(11-18-19(14)2)5-6-16(22)21-10-7-17(23,13-21)12-20-8-3-4-9-20/h11,23H,3-10,12-13H2,1-2H3/t17-/m0/s1. The highest BCUT2D eigenvalue weighted by molar-refractivity contribution is 5.77. The number of rotatable bonds is 5. The Labute approximate surface area is 138 Å². The van der Waals surface area contributed by atoms with Crippen molar-refractivity contribution in [3.63, 3.8) is 0 Å². The van der Waals surface area contributed by atoms with E-state index >= 15 is 0 Å². The van der Waals surface area contributed by atoms with Crippen LogP contribution < -0.4 is 0 Å². The average molecular weight is 320 g/mol. The van der Waals surface area contributed by atoms with E-state index in [0.29, 0.717) is 32.5 Å². The summed E-state index contributed by atoms with van der Waals surface area (Å²) in [5, 5.41) is 15.0. The number of hydrogen-bond donors (Lipinski definition) is 1. The molecule has 1 aromatic rings. The van der Waals surface area contributed by atoms with E-state index in [2.05, 4.69) is 10.00 Å². The van der Waals surface area contributed by atoms with Crippen molar-refractivity contribution >= 4 is 5.91 Å². The second-order valence-corrected chi connectivity index (χ2v) is 7.15. The van der Waals surface area contributed by atoms with Crippen molar-refractivity contribution in [1.29, 1.82) is 0 Å². The van der Waals surface area contributed by atoms with Crippen LogP contribution in [0.25, 0.3) is 0 Å². The van der Waals surface area contributed by atoms with Crippen LogP contribution in [-0.2, 0) is 18.3 Å². The summed E-state index contributed by atoms with van der Waals surface area (Å²) in [4.78, 5) is 16.6. The highest BCUT2D eigenvalue weighted by atomic mass is 16.3. The molecular weight excluding hydrogens is 292 g/mol. The summed E-state index contributed by atoms with van der Waals surface area (Å²) in [7, 11) is 1.92. The molecule has 2 aliphatic heterocycles. The Kier molecular flexibility index (Phi) is 4.73. The number of amides is 1. The highest BCUT2D eigenvalue weighted by Crippen LogP contribution is 2.25. The zero-order valence-electron chi connectivity index (χ0n) is 14.3. The van der Waals surface area contributed by atoms with Gasteiger partial charge in [0.15, 0.2) is 0 Å². The van der Waals surface area contributed by atoms with E-state index in [1.165, 1.54) is 12.8 Å². The molecule has 128 valence electrons. The number of carbonyl (C=O) groups excluding carboxylic acids is 1. The van der Waals surface area contributed by atoms with Gasteiger partial charge in [0.05, 0.1) is 18.3 Å². The first-order chi connectivity index (χ1) is 11.0. The third-order valence-corrected chi connectivity index (χ3v) is 5.35. The van der Waals surface area contributed by atoms with Gasteiger partial charge >= 0.3 is 0 Å². The van der Waals surface area contributed by atoms with Crippen LogP contribution in [0.2, 0.25) is 0 Å². The molecule has 6 nitrogen and oxygen atoms in total. The molecule has 0 bridgehead atoms. The predicted molar refractivity (Wildman–Crippen MR) is 88.1 cm³/mol. The van der Waals surface area contributed by atoms with E-state index < -0.39 is 5.60 Å². The second-order valence-electron chi connectivity index (χ2n) is 7.15. The summed E-state index contributed by atoms with van der Waals surface area (Å²) in [6, 6.07) is 0. The molecule has 0 radical (unpaired) electrons. The molecule has 3 heterocycles. The smallest absolute Gasteiger partial charge is 0.223 e. The maximum absolute atomic E-state index is 12.4. The van der Waals surface area contributed by atoms with Crippen molar-refractivity contribution in [3.8, 4) is 0 Å². The Morgan fingerprint density at radius 1 is 1.35 bits per heavy atom. The van der Waals surface area contributed by atoms with E-state index in [0.717, 1.165) is 30.8 Å². The zero-order chi connectivity index (χ0) is 16.4. The first-order valence-electron chi connectivity index (χ1n) is 8.67. The van der Waals surface area contributed by atoms with Gasteiger partial charge in [0.25, 0.3) is 0 Å². The van der Waals surface area contributed by atoms with Crippen molar-refractivity contribution in [1.82, 2.24) is 19.6 Å². The lowest BCUT2D eigenvalue weighted by molar-refractivity contribution is -0.131. The average Bonchev–Trinajstić information content (AvgIpc) is 3.22. The molecular formula is C17H28N4O2. The molecule has 2 aliphatic rings. The van der Waals surface area contributed by atoms with Gasteiger partial charge in [-0.1, -0.05) is 0 Å². The Morgan fingerprint density at radius 3 is 2.74 bits per heavy atom. The van der Waals surface area contributed by atoms with Crippen LogP contribution in [0, 0.1) is 6.92 Å². The van der Waals surface area contributed by atoms with Crippen molar-refractivity contribution in [2.75, 3.05) is 32.7 Å². The van der Waals surface area contributed by atoms with E-state index in [4.69, 9.17) is 0 Å². The highest BCUT2D eigenvalue weighted by Gasteiger charge is 2.39. The fraction of sp³-hybridized carbons (Fsp3) is 0.765. The van der Waals surface area contributed by atoms with E-state index in [9.17, 15) is 9.90 Å². The monoisotopic (exact) mass is 320 g/mol. The number of aromatic nitrogens is 2. The van der Waals surface area contributed by atoms with Crippen molar-refractivity contribution < 1.29 is 9.90 Å².